The molecule has 10 N–H and O–H groups in total. The molecule has 18 nitrogen and oxygen atoms in total. The molecule has 0 radical (unpaired) electrons. The Bertz CT molecular complexity index is 2600. The number of hydrogen-bond acceptors (Lipinski definition) is 13. The number of carbonyl (C=O) groups is 5. The van der Waals surface area contributed by atoms with Gasteiger partial charge in [-0.1, -0.05) is 49.2 Å². The van der Waals surface area contributed by atoms with E-state index in [1.54, 1.807) is 50.2 Å². The number of hydrogen-bond donors (Lipinski definition) is 7. The summed E-state index contributed by atoms with van der Waals surface area (Å²) in [5.41, 5.74) is 23.2. The van der Waals surface area contributed by atoms with Gasteiger partial charge >= 0.3 is 0 Å². The molecule has 18 heteroatoms. The van der Waals surface area contributed by atoms with Crippen molar-refractivity contribution in [2.45, 2.75) is 102 Å². The second-order valence-corrected chi connectivity index (χ2v) is 18.5. The fourth-order valence-electron chi connectivity index (χ4n) is 10.0. The SMILES string of the molecule is Cc1nc(-c2ccc(C3(C4CCCC4)CC3)cc2)nc(C)c1C(=O)NC(CCN)C(=O)N(C)C1C(=O)NC(C)C(=O)NC(C(=O)NCC#N)Cc2ccc(OCCN)c(c2)-c2cc1ccc2OCCN. The molecule has 2 heterocycles. The highest BCUT2D eigenvalue weighted by Crippen LogP contribution is 2.58. The van der Waals surface area contributed by atoms with Gasteiger partial charge in [-0.2, -0.15) is 5.26 Å². The molecule has 370 valence electrons. The van der Waals surface area contributed by atoms with Gasteiger partial charge < -0.3 is 52.8 Å². The van der Waals surface area contributed by atoms with Gasteiger partial charge in [0, 0.05) is 43.2 Å². The molecule has 7 rings (SSSR count). The number of nitrogens with one attached hydrogen (secondary N) is 4. The summed E-state index contributed by atoms with van der Waals surface area (Å²) in [6.45, 7) is 5.29. The van der Waals surface area contributed by atoms with Crippen LogP contribution >= 0.6 is 0 Å². The van der Waals surface area contributed by atoms with E-state index in [2.05, 4.69) is 45.5 Å². The van der Waals surface area contributed by atoms with Crippen LogP contribution in [0.2, 0.25) is 0 Å². The Hall–Kier alpha value is -6.94. The summed E-state index contributed by atoms with van der Waals surface area (Å²) < 4.78 is 12.2. The third-order valence-corrected chi connectivity index (χ3v) is 13.8. The molecule has 4 bridgehead atoms. The fourth-order valence-corrected chi connectivity index (χ4v) is 10.0. The molecule has 4 atom stereocenters. The molecular weight excluding hydrogens is 891 g/mol. The van der Waals surface area contributed by atoms with Gasteiger partial charge in [0.1, 0.15) is 55.4 Å². The van der Waals surface area contributed by atoms with Gasteiger partial charge in [-0.05, 0) is 112 Å². The number of ether oxygens (including phenoxy) is 2. The normalized spacial score (nSPS) is 19.1. The zero-order valence-corrected chi connectivity index (χ0v) is 40.4. The molecule has 3 aromatic carbocycles. The van der Waals surface area contributed by atoms with Gasteiger partial charge in [0.2, 0.25) is 23.6 Å². The summed E-state index contributed by atoms with van der Waals surface area (Å²) in [6, 6.07) is 15.6. The van der Waals surface area contributed by atoms with Gasteiger partial charge in [0.25, 0.3) is 5.91 Å². The number of aromatic nitrogens is 2. The summed E-state index contributed by atoms with van der Waals surface area (Å²) >= 11 is 0. The number of nitrogens with zero attached hydrogens (tertiary/aromatic N) is 4. The predicted octanol–water partition coefficient (Wildman–Crippen LogP) is 3.16. The Balaban J connectivity index is 1.21. The first-order valence-electron chi connectivity index (χ1n) is 24.2. The molecular formula is C52H65N11O7. The topological polar surface area (TPSA) is 283 Å². The number of nitrogens with two attached hydrogens (primary N) is 3. The van der Waals surface area contributed by atoms with Crippen molar-refractivity contribution < 1.29 is 33.4 Å². The van der Waals surface area contributed by atoms with Crippen molar-refractivity contribution in [3.05, 3.63) is 94.3 Å². The standard InChI is InChI=1S/C52H65N11O7/c1-30-44(31(2)59-46(58-30)34-10-13-37(14-11-34)52(18-19-52)36-7-5-6-8-36)49(66)61-40(17-20-53)51(68)63(4)45-35-12-16-43(70-26-23-56)39(29-35)38-27-33(9-15-42(38)69-25-22-55)28-41(48(65)57-24-21-54)62-47(64)32(3)60-50(45)67/h9-16,27,29,32,36,40-41,45H,5-8,17-20,22-26,28,53,55-56H2,1-4H3,(H,57,65)(H,60,67)(H,61,66)(H,62,64). The van der Waals surface area contributed by atoms with Crippen LogP contribution in [-0.4, -0.2) is 109 Å². The molecule has 3 aliphatic rings. The summed E-state index contributed by atoms with van der Waals surface area (Å²) in [4.78, 5) is 81.6. The van der Waals surface area contributed by atoms with Gasteiger partial charge in [0.05, 0.1) is 23.0 Å². The van der Waals surface area contributed by atoms with Gasteiger partial charge in [-0.25, -0.2) is 9.97 Å². The van der Waals surface area contributed by atoms with Crippen molar-refractivity contribution in [3.8, 4) is 40.1 Å². The van der Waals surface area contributed by atoms with Crippen LogP contribution in [0.1, 0.15) is 96.3 Å². The Morgan fingerprint density at radius 1 is 0.871 bits per heavy atom. The zero-order valence-electron chi connectivity index (χ0n) is 40.4. The van der Waals surface area contributed by atoms with Crippen LogP contribution in [0.5, 0.6) is 11.5 Å². The Labute approximate surface area is 408 Å². The first-order chi connectivity index (χ1) is 33.7. The predicted molar refractivity (Wildman–Crippen MR) is 263 cm³/mol. The van der Waals surface area contributed by atoms with Gasteiger partial charge in [-0.3, -0.25) is 24.0 Å². The lowest BCUT2D eigenvalue weighted by Gasteiger charge is -2.32. The van der Waals surface area contributed by atoms with E-state index in [1.807, 2.05) is 6.07 Å². The van der Waals surface area contributed by atoms with Gasteiger partial charge in [-0.15, -0.1) is 0 Å². The summed E-state index contributed by atoms with van der Waals surface area (Å²) in [5, 5.41) is 20.0. The number of rotatable bonds is 17. The lowest BCUT2D eigenvalue weighted by atomic mass is 9.81. The maximum Gasteiger partial charge on any atom is 0.255 e. The second-order valence-electron chi connectivity index (χ2n) is 18.5. The van der Waals surface area contributed by atoms with Crippen molar-refractivity contribution in [1.82, 2.24) is 36.1 Å². The smallest absolute Gasteiger partial charge is 0.255 e. The Morgan fingerprint density at radius 2 is 1.50 bits per heavy atom. The number of nitriles is 1. The minimum Gasteiger partial charge on any atom is -0.492 e. The van der Waals surface area contributed by atoms with E-state index >= 15 is 0 Å². The number of benzene rings is 3. The van der Waals surface area contributed by atoms with Crippen molar-refractivity contribution in [2.24, 2.45) is 23.1 Å². The van der Waals surface area contributed by atoms with E-state index in [4.69, 9.17) is 36.6 Å². The maximum absolute atomic E-state index is 14.8. The first kappa shape index (κ1) is 50.9. The van der Waals surface area contributed by atoms with Crippen molar-refractivity contribution in [2.75, 3.05) is 46.4 Å². The molecule has 4 unspecified atom stereocenters. The van der Waals surface area contributed by atoms with Crippen LogP contribution < -0.4 is 47.9 Å². The molecule has 0 spiro atoms. The summed E-state index contributed by atoms with van der Waals surface area (Å²) in [6.07, 6.45) is 7.64. The number of fused-ring (bicyclic) bond motifs is 5. The molecule has 70 heavy (non-hydrogen) atoms. The van der Waals surface area contributed by atoms with Crippen LogP contribution in [-0.2, 0) is 31.0 Å². The lowest BCUT2D eigenvalue weighted by molar-refractivity contribution is -0.141. The molecule has 4 aromatic rings. The number of aryl methyl sites for hydroxylation is 2. The van der Waals surface area contributed by atoms with Crippen molar-refractivity contribution >= 4 is 29.5 Å². The van der Waals surface area contributed by atoms with Crippen LogP contribution in [0, 0.1) is 31.1 Å². The Morgan fingerprint density at radius 3 is 2.10 bits per heavy atom. The second kappa shape index (κ2) is 22.7. The fraction of sp³-hybridized carbons (Fsp3) is 0.462. The van der Waals surface area contributed by atoms with E-state index in [9.17, 15) is 29.2 Å². The quantitative estimate of drug-likeness (QED) is 0.0750. The third kappa shape index (κ3) is 11.2. The highest BCUT2D eigenvalue weighted by Gasteiger charge is 2.50. The van der Waals surface area contributed by atoms with E-state index < -0.39 is 53.7 Å². The summed E-state index contributed by atoms with van der Waals surface area (Å²) in [5.74, 6) is -1.29. The molecule has 1 aromatic heterocycles. The van der Waals surface area contributed by atoms with E-state index in [-0.39, 0.29) is 63.2 Å². The van der Waals surface area contributed by atoms with E-state index in [0.29, 0.717) is 51.0 Å². The first-order valence-corrected chi connectivity index (χ1v) is 24.2. The van der Waals surface area contributed by atoms with E-state index in [1.165, 1.54) is 63.0 Å². The van der Waals surface area contributed by atoms with Crippen LogP contribution in [0.25, 0.3) is 22.5 Å². The molecule has 2 saturated carbocycles. The minimum absolute atomic E-state index is 0.00454. The molecule has 1 aliphatic heterocycles. The largest absolute Gasteiger partial charge is 0.492 e. The highest BCUT2D eigenvalue weighted by atomic mass is 16.5. The number of carbonyl (C=O) groups excluding carboxylic acids is 5. The van der Waals surface area contributed by atoms with Gasteiger partial charge in [0.15, 0.2) is 5.82 Å². The minimum atomic E-state index is -1.40. The Kier molecular flexibility index (Phi) is 16.5. The lowest BCUT2D eigenvalue weighted by Crippen LogP contribution is -2.56. The van der Waals surface area contributed by atoms with Crippen molar-refractivity contribution in [3.63, 3.8) is 0 Å². The molecule has 5 amide bonds. The van der Waals surface area contributed by atoms with Crippen LogP contribution in [0.15, 0.2) is 60.7 Å². The average Bonchev–Trinajstić information content (AvgIpc) is 3.97. The van der Waals surface area contributed by atoms with E-state index in [0.717, 1.165) is 11.5 Å². The molecule has 2 fully saturated rings. The monoisotopic (exact) mass is 956 g/mol. The molecule has 2 aliphatic carbocycles. The summed E-state index contributed by atoms with van der Waals surface area (Å²) in [7, 11) is 1.43. The average molecular weight is 956 g/mol. The maximum atomic E-state index is 14.8. The number of likely N-dealkylation sites (N-methyl/N-ethyl adjacent to an activating group) is 1. The zero-order chi connectivity index (χ0) is 50.1. The van der Waals surface area contributed by atoms with Crippen molar-refractivity contribution in [1.29, 1.82) is 5.26 Å². The third-order valence-electron chi connectivity index (χ3n) is 13.8. The van der Waals surface area contributed by atoms with Crippen LogP contribution in [0.3, 0.4) is 0 Å². The number of amides is 5. The highest BCUT2D eigenvalue weighted by molar-refractivity contribution is 6.00. The van der Waals surface area contributed by atoms with Crippen LogP contribution in [0.4, 0.5) is 0 Å². The molecule has 0 saturated heterocycles.